The summed E-state index contributed by atoms with van der Waals surface area (Å²) < 4.78 is 0. The van der Waals surface area contributed by atoms with E-state index in [4.69, 9.17) is 15.9 Å². The van der Waals surface area contributed by atoms with Gasteiger partial charge >= 0.3 is 12.0 Å². The van der Waals surface area contributed by atoms with Crippen LogP contribution >= 0.6 is 0 Å². The van der Waals surface area contributed by atoms with Crippen LogP contribution in [0.3, 0.4) is 0 Å². The number of amides is 3. The number of carbonyl (C=O) groups is 3. The van der Waals surface area contributed by atoms with E-state index in [-0.39, 0.29) is 12.5 Å². The fraction of sp³-hybridized carbons (Fsp3) is 0.500. The molecule has 0 bridgehead atoms. The Labute approximate surface area is 79.1 Å². The monoisotopic (exact) mass is 205 g/mol. The maximum absolute atomic E-state index is 10.1. The number of aliphatic hydroxyl groups is 1. The van der Waals surface area contributed by atoms with E-state index in [1.54, 1.807) is 0 Å². The Balaban J connectivity index is 0.000000241. The quantitative estimate of drug-likeness (QED) is 0.308. The minimum atomic E-state index is -1.18. The van der Waals surface area contributed by atoms with Gasteiger partial charge in [0, 0.05) is 0 Å². The lowest BCUT2D eigenvalue weighted by Crippen LogP contribution is -2.33. The van der Waals surface area contributed by atoms with Crippen molar-refractivity contribution in [3.63, 3.8) is 0 Å². The van der Waals surface area contributed by atoms with E-state index in [1.807, 2.05) is 5.32 Å². The Morgan fingerprint density at radius 1 is 1.57 bits per heavy atom. The Hall–Kier alpha value is -1.67. The molecule has 8 nitrogen and oxygen atoms in total. The lowest BCUT2D eigenvalue weighted by molar-refractivity contribution is -0.139. The summed E-state index contributed by atoms with van der Waals surface area (Å²) in [4.78, 5) is 29.7. The van der Waals surface area contributed by atoms with Gasteiger partial charge in [-0.15, -0.1) is 0 Å². The van der Waals surface area contributed by atoms with Crippen molar-refractivity contribution in [3.05, 3.63) is 0 Å². The van der Waals surface area contributed by atoms with Crippen LogP contribution in [0.1, 0.15) is 0 Å². The molecule has 1 unspecified atom stereocenters. The Bertz CT molecular complexity index is 228. The highest BCUT2D eigenvalue weighted by atomic mass is 16.4. The maximum Gasteiger partial charge on any atom is 0.322 e. The molecule has 1 heterocycles. The van der Waals surface area contributed by atoms with Crippen LogP contribution in [0, 0.1) is 0 Å². The standard InChI is InChI=1S/C3H4N2O2.C3H7NO3/c6-2-1-4-3(7)5-2;4-2(1-5)3(6)7/h1H2,(H2,4,5,6,7);2,5H,1,4H2,(H,6,7). The summed E-state index contributed by atoms with van der Waals surface area (Å²) in [5.41, 5.74) is 4.77. The van der Waals surface area contributed by atoms with Crippen molar-refractivity contribution >= 4 is 17.9 Å². The summed E-state index contributed by atoms with van der Waals surface area (Å²) in [7, 11) is 0. The first-order chi connectivity index (χ1) is 6.47. The molecule has 1 fully saturated rings. The zero-order chi connectivity index (χ0) is 11.1. The molecule has 1 rings (SSSR count). The number of carboxylic acids is 1. The molecule has 0 spiro atoms. The normalized spacial score (nSPS) is 16.1. The molecule has 1 atom stereocenters. The lowest BCUT2D eigenvalue weighted by atomic mass is 10.3. The molecule has 8 heteroatoms. The second-order valence-corrected chi connectivity index (χ2v) is 2.36. The average molecular weight is 205 g/mol. The molecule has 1 aliphatic rings. The van der Waals surface area contributed by atoms with Crippen molar-refractivity contribution in [1.29, 1.82) is 0 Å². The van der Waals surface area contributed by atoms with Gasteiger partial charge in [0.25, 0.3) is 0 Å². The van der Waals surface area contributed by atoms with Crippen molar-refractivity contribution in [2.75, 3.05) is 13.2 Å². The van der Waals surface area contributed by atoms with Gasteiger partial charge in [-0.2, -0.15) is 0 Å². The number of rotatable bonds is 2. The van der Waals surface area contributed by atoms with Gasteiger partial charge in [-0.1, -0.05) is 0 Å². The number of nitrogens with one attached hydrogen (secondary N) is 2. The third-order valence-corrected chi connectivity index (χ3v) is 1.18. The van der Waals surface area contributed by atoms with Crippen molar-refractivity contribution in [1.82, 2.24) is 10.6 Å². The van der Waals surface area contributed by atoms with Crippen LogP contribution < -0.4 is 16.4 Å². The number of aliphatic hydroxyl groups excluding tert-OH is 1. The van der Waals surface area contributed by atoms with E-state index in [0.29, 0.717) is 0 Å². The largest absolute Gasteiger partial charge is 0.480 e. The first-order valence-electron chi connectivity index (χ1n) is 3.64. The first kappa shape index (κ1) is 12.3. The van der Waals surface area contributed by atoms with Crippen LogP contribution in [0.25, 0.3) is 0 Å². The van der Waals surface area contributed by atoms with Crippen molar-refractivity contribution in [2.24, 2.45) is 5.73 Å². The minimum Gasteiger partial charge on any atom is -0.480 e. The van der Waals surface area contributed by atoms with Crippen molar-refractivity contribution in [3.8, 4) is 0 Å². The van der Waals surface area contributed by atoms with Crippen molar-refractivity contribution in [2.45, 2.75) is 6.04 Å². The van der Waals surface area contributed by atoms with Gasteiger partial charge in [0.05, 0.1) is 13.2 Å². The minimum absolute atomic E-state index is 0.124. The number of carboxylic acid groups (broad SMARTS) is 1. The fourth-order valence-electron chi connectivity index (χ4n) is 0.454. The number of hydrogen-bond acceptors (Lipinski definition) is 5. The Kier molecular flexibility index (Phi) is 5.19. The number of imide groups is 1. The number of urea groups is 1. The third kappa shape index (κ3) is 5.06. The summed E-state index contributed by atoms with van der Waals surface area (Å²) in [6.45, 7) is -0.381. The van der Waals surface area contributed by atoms with Gasteiger partial charge in [-0.3, -0.25) is 14.9 Å². The highest BCUT2D eigenvalue weighted by Crippen LogP contribution is 1.74. The third-order valence-electron chi connectivity index (χ3n) is 1.18. The molecule has 1 saturated heterocycles. The number of carbonyl (C=O) groups excluding carboxylic acids is 2. The van der Waals surface area contributed by atoms with Crippen LogP contribution in [-0.4, -0.2) is 47.3 Å². The SMILES string of the molecule is NC(CO)C(=O)O.O=C1CNC(=O)N1. The predicted molar refractivity (Wildman–Crippen MR) is 44.2 cm³/mol. The van der Waals surface area contributed by atoms with Gasteiger partial charge in [-0.05, 0) is 0 Å². The molecular weight excluding hydrogens is 194 g/mol. The van der Waals surface area contributed by atoms with Crippen LogP contribution in [0.15, 0.2) is 0 Å². The number of aliphatic carboxylic acids is 1. The molecular formula is C6H11N3O5. The molecule has 0 aliphatic carbocycles. The van der Waals surface area contributed by atoms with Gasteiger partial charge in [0.2, 0.25) is 5.91 Å². The first-order valence-corrected chi connectivity index (χ1v) is 3.64. The Morgan fingerprint density at radius 2 is 2.14 bits per heavy atom. The van der Waals surface area contributed by atoms with E-state index in [2.05, 4.69) is 5.32 Å². The fourth-order valence-corrected chi connectivity index (χ4v) is 0.454. The summed E-state index contributed by atoms with van der Waals surface area (Å²) >= 11 is 0. The topological polar surface area (TPSA) is 142 Å². The van der Waals surface area contributed by atoms with Gasteiger partial charge < -0.3 is 21.3 Å². The number of hydrogen-bond donors (Lipinski definition) is 5. The van der Waals surface area contributed by atoms with Crippen LogP contribution in [-0.2, 0) is 9.59 Å². The van der Waals surface area contributed by atoms with Gasteiger partial charge in [0.15, 0.2) is 0 Å². The zero-order valence-electron chi connectivity index (χ0n) is 7.19. The molecule has 6 N–H and O–H groups in total. The molecule has 14 heavy (non-hydrogen) atoms. The molecule has 0 saturated carbocycles. The molecule has 0 aromatic carbocycles. The highest BCUT2D eigenvalue weighted by molar-refractivity contribution is 6.01. The second kappa shape index (κ2) is 5.89. The summed E-state index contributed by atoms with van der Waals surface area (Å²) in [5, 5.41) is 20.2. The molecule has 0 aromatic heterocycles. The van der Waals surface area contributed by atoms with Gasteiger partial charge in [0.1, 0.15) is 6.04 Å². The summed E-state index contributed by atoms with van der Waals surface area (Å²) in [5.74, 6) is -1.44. The van der Waals surface area contributed by atoms with E-state index < -0.39 is 24.6 Å². The van der Waals surface area contributed by atoms with Crippen LogP contribution in [0.2, 0.25) is 0 Å². The maximum atomic E-state index is 10.1. The van der Waals surface area contributed by atoms with E-state index >= 15 is 0 Å². The average Bonchev–Trinajstić information content (AvgIpc) is 2.49. The lowest BCUT2D eigenvalue weighted by Gasteiger charge is -1.96. The van der Waals surface area contributed by atoms with Crippen LogP contribution in [0.5, 0.6) is 0 Å². The van der Waals surface area contributed by atoms with E-state index in [0.717, 1.165) is 0 Å². The number of nitrogens with two attached hydrogens (primary N) is 1. The highest BCUT2D eigenvalue weighted by Gasteiger charge is 2.14. The van der Waals surface area contributed by atoms with E-state index in [9.17, 15) is 14.4 Å². The zero-order valence-corrected chi connectivity index (χ0v) is 7.19. The van der Waals surface area contributed by atoms with Gasteiger partial charge in [-0.25, -0.2) is 4.79 Å². The smallest absolute Gasteiger partial charge is 0.322 e. The molecule has 80 valence electrons. The molecule has 0 aromatic rings. The second-order valence-electron chi connectivity index (χ2n) is 2.36. The summed E-state index contributed by atoms with van der Waals surface area (Å²) in [6.07, 6.45) is 0. The van der Waals surface area contributed by atoms with Crippen LogP contribution in [0.4, 0.5) is 4.79 Å². The molecule has 1 aliphatic heterocycles. The molecule has 3 amide bonds. The summed E-state index contributed by atoms with van der Waals surface area (Å²) in [6, 6.07) is -1.52. The predicted octanol–water partition coefficient (Wildman–Crippen LogP) is -2.78. The molecule has 0 radical (unpaired) electrons. The Morgan fingerprint density at radius 3 is 2.21 bits per heavy atom. The van der Waals surface area contributed by atoms with Crippen molar-refractivity contribution < 1.29 is 24.6 Å². The van der Waals surface area contributed by atoms with E-state index in [1.165, 1.54) is 0 Å².